The average molecular weight is 267 g/mol. The summed E-state index contributed by atoms with van der Waals surface area (Å²) in [5.74, 6) is 0.872. The number of hydrogen-bond donors (Lipinski definition) is 2. The first-order valence-electron chi connectivity index (χ1n) is 6.60. The molecule has 3 aromatic rings. The Hall–Kier alpha value is -2.49. The van der Waals surface area contributed by atoms with Crippen molar-refractivity contribution >= 4 is 16.6 Å². The molecule has 0 fully saturated rings. The van der Waals surface area contributed by atoms with E-state index in [1.165, 1.54) is 5.56 Å². The van der Waals surface area contributed by atoms with Gasteiger partial charge in [0, 0.05) is 11.4 Å². The summed E-state index contributed by atoms with van der Waals surface area (Å²) in [7, 11) is 1.68. The number of anilines is 1. The lowest BCUT2D eigenvalue weighted by Gasteiger charge is -2.16. The largest absolute Gasteiger partial charge is 0.497 e. The van der Waals surface area contributed by atoms with E-state index in [-0.39, 0.29) is 6.04 Å². The third-order valence-electron chi connectivity index (χ3n) is 3.46. The van der Waals surface area contributed by atoms with Crippen LogP contribution in [-0.2, 0) is 0 Å². The predicted molar refractivity (Wildman–Crippen MR) is 81.1 cm³/mol. The topological polar surface area (TPSA) is 49.9 Å². The lowest BCUT2D eigenvalue weighted by atomic mass is 10.1. The van der Waals surface area contributed by atoms with Crippen molar-refractivity contribution in [1.82, 2.24) is 10.2 Å². The highest BCUT2D eigenvalue weighted by molar-refractivity contribution is 5.90. The number of aromatic amines is 1. The van der Waals surface area contributed by atoms with Gasteiger partial charge in [-0.3, -0.25) is 5.10 Å². The van der Waals surface area contributed by atoms with Crippen LogP contribution in [0, 0.1) is 0 Å². The minimum Gasteiger partial charge on any atom is -0.497 e. The molecule has 0 amide bonds. The highest BCUT2D eigenvalue weighted by Gasteiger charge is 2.08. The van der Waals surface area contributed by atoms with Crippen molar-refractivity contribution in [2.24, 2.45) is 0 Å². The van der Waals surface area contributed by atoms with Crippen LogP contribution in [0.2, 0.25) is 0 Å². The van der Waals surface area contributed by atoms with Crippen LogP contribution >= 0.6 is 0 Å². The molecule has 2 N–H and O–H groups in total. The van der Waals surface area contributed by atoms with Gasteiger partial charge in [-0.2, -0.15) is 5.10 Å². The summed E-state index contributed by atoms with van der Waals surface area (Å²) < 4.78 is 5.18. The Bertz CT molecular complexity index is 703. The van der Waals surface area contributed by atoms with Crippen molar-refractivity contribution < 1.29 is 4.74 Å². The number of nitrogens with zero attached hydrogens (tertiary/aromatic N) is 1. The maximum atomic E-state index is 5.18. The first kappa shape index (κ1) is 12.5. The molecule has 3 rings (SSSR count). The third-order valence-corrected chi connectivity index (χ3v) is 3.46. The smallest absolute Gasteiger partial charge is 0.118 e. The van der Waals surface area contributed by atoms with E-state index in [4.69, 9.17) is 4.74 Å². The van der Waals surface area contributed by atoms with Crippen molar-refractivity contribution in [3.05, 3.63) is 54.2 Å². The van der Waals surface area contributed by atoms with Crippen molar-refractivity contribution in [1.29, 1.82) is 0 Å². The summed E-state index contributed by atoms with van der Waals surface area (Å²) in [6, 6.07) is 14.4. The first-order chi connectivity index (χ1) is 9.78. The summed E-state index contributed by atoms with van der Waals surface area (Å²) >= 11 is 0. The van der Waals surface area contributed by atoms with Gasteiger partial charge in [-0.05, 0) is 30.7 Å². The minimum absolute atomic E-state index is 0.204. The Morgan fingerprint density at radius 2 is 1.95 bits per heavy atom. The van der Waals surface area contributed by atoms with E-state index >= 15 is 0 Å². The summed E-state index contributed by atoms with van der Waals surface area (Å²) in [5, 5.41) is 11.7. The van der Waals surface area contributed by atoms with Gasteiger partial charge in [-0.15, -0.1) is 0 Å². The van der Waals surface area contributed by atoms with Crippen molar-refractivity contribution in [3.8, 4) is 5.75 Å². The molecule has 0 saturated carbocycles. The number of benzene rings is 2. The molecule has 4 nitrogen and oxygen atoms in total. The van der Waals surface area contributed by atoms with Gasteiger partial charge in [0.2, 0.25) is 0 Å². The highest BCUT2D eigenvalue weighted by Crippen LogP contribution is 2.26. The van der Waals surface area contributed by atoms with E-state index < -0.39 is 0 Å². The van der Waals surface area contributed by atoms with Crippen LogP contribution < -0.4 is 10.1 Å². The number of fused-ring (bicyclic) bond motifs is 1. The number of hydrogen-bond acceptors (Lipinski definition) is 3. The van der Waals surface area contributed by atoms with Crippen molar-refractivity contribution in [3.63, 3.8) is 0 Å². The molecule has 0 spiro atoms. The molecular formula is C16H17N3O. The third kappa shape index (κ3) is 2.32. The fraction of sp³-hybridized carbons (Fsp3) is 0.188. The zero-order chi connectivity index (χ0) is 13.9. The van der Waals surface area contributed by atoms with Crippen molar-refractivity contribution in [2.75, 3.05) is 12.4 Å². The maximum Gasteiger partial charge on any atom is 0.118 e. The van der Waals surface area contributed by atoms with E-state index in [0.29, 0.717) is 0 Å². The molecule has 1 atom stereocenters. The second-order valence-corrected chi connectivity index (χ2v) is 4.78. The Balaban J connectivity index is 1.84. The van der Waals surface area contributed by atoms with Gasteiger partial charge in [-0.25, -0.2) is 0 Å². The van der Waals surface area contributed by atoms with Gasteiger partial charge >= 0.3 is 0 Å². The second-order valence-electron chi connectivity index (χ2n) is 4.78. The Kier molecular flexibility index (Phi) is 3.29. The average Bonchev–Trinajstić information content (AvgIpc) is 2.97. The molecule has 0 bridgehead atoms. The number of para-hydroxylation sites is 1. The van der Waals surface area contributed by atoms with Gasteiger partial charge < -0.3 is 10.1 Å². The minimum atomic E-state index is 0.204. The number of aromatic nitrogens is 2. The van der Waals surface area contributed by atoms with Crippen molar-refractivity contribution in [2.45, 2.75) is 13.0 Å². The van der Waals surface area contributed by atoms with Gasteiger partial charge in [0.05, 0.1) is 24.5 Å². The summed E-state index contributed by atoms with van der Waals surface area (Å²) in [4.78, 5) is 0. The van der Waals surface area contributed by atoms with Crippen LogP contribution in [0.3, 0.4) is 0 Å². The molecule has 4 heteroatoms. The lowest BCUT2D eigenvalue weighted by molar-refractivity contribution is 0.414. The first-order valence-corrected chi connectivity index (χ1v) is 6.60. The van der Waals surface area contributed by atoms with Gasteiger partial charge in [0.25, 0.3) is 0 Å². The SMILES string of the molecule is COc1ccc(C(C)Nc2cccc3cn[nH]c23)cc1. The molecule has 0 aliphatic heterocycles. The Morgan fingerprint density at radius 3 is 2.70 bits per heavy atom. The molecule has 0 aliphatic carbocycles. The summed E-state index contributed by atoms with van der Waals surface area (Å²) in [6.07, 6.45) is 1.83. The molecule has 1 heterocycles. The van der Waals surface area contributed by atoms with Crippen LogP contribution in [-0.4, -0.2) is 17.3 Å². The Morgan fingerprint density at radius 1 is 1.15 bits per heavy atom. The van der Waals surface area contributed by atoms with E-state index in [0.717, 1.165) is 22.3 Å². The molecule has 1 aromatic heterocycles. The number of H-pyrrole nitrogens is 1. The number of rotatable bonds is 4. The lowest BCUT2D eigenvalue weighted by Crippen LogP contribution is -2.06. The van der Waals surface area contributed by atoms with Crippen LogP contribution in [0.15, 0.2) is 48.7 Å². The fourth-order valence-corrected chi connectivity index (χ4v) is 2.30. The zero-order valence-electron chi connectivity index (χ0n) is 11.6. The van der Waals surface area contributed by atoms with Crippen LogP contribution in [0.5, 0.6) is 5.75 Å². The van der Waals surface area contributed by atoms with Gasteiger partial charge in [0.1, 0.15) is 5.75 Å². The highest BCUT2D eigenvalue weighted by atomic mass is 16.5. The van der Waals surface area contributed by atoms with E-state index in [2.05, 4.69) is 40.6 Å². The monoisotopic (exact) mass is 267 g/mol. The fourth-order valence-electron chi connectivity index (χ4n) is 2.30. The molecule has 0 aliphatic rings. The second kappa shape index (κ2) is 5.25. The van der Waals surface area contributed by atoms with Gasteiger partial charge in [0.15, 0.2) is 0 Å². The predicted octanol–water partition coefficient (Wildman–Crippen LogP) is 3.74. The van der Waals surface area contributed by atoms with E-state index in [1.54, 1.807) is 7.11 Å². The normalized spacial score (nSPS) is 12.3. The van der Waals surface area contributed by atoms with Crippen LogP contribution in [0.4, 0.5) is 5.69 Å². The Labute approximate surface area is 117 Å². The molecule has 2 aromatic carbocycles. The molecular weight excluding hydrogens is 250 g/mol. The van der Waals surface area contributed by atoms with Gasteiger partial charge in [-0.1, -0.05) is 24.3 Å². The summed E-state index contributed by atoms with van der Waals surface area (Å²) in [6.45, 7) is 2.14. The maximum absolute atomic E-state index is 5.18. The number of methoxy groups -OCH3 is 1. The standard InChI is InChI=1S/C16H17N3O/c1-11(12-6-8-14(20-2)9-7-12)18-15-5-3-4-13-10-17-19-16(13)15/h3-11,18H,1-2H3,(H,17,19). The molecule has 0 saturated heterocycles. The van der Waals surface area contributed by atoms with E-state index in [1.807, 2.05) is 30.5 Å². The number of ether oxygens (including phenoxy) is 1. The molecule has 102 valence electrons. The zero-order valence-corrected chi connectivity index (χ0v) is 11.6. The number of nitrogens with one attached hydrogen (secondary N) is 2. The molecule has 20 heavy (non-hydrogen) atoms. The van der Waals surface area contributed by atoms with Crippen LogP contribution in [0.1, 0.15) is 18.5 Å². The van der Waals surface area contributed by atoms with Crippen LogP contribution in [0.25, 0.3) is 10.9 Å². The quantitative estimate of drug-likeness (QED) is 0.757. The molecule has 0 radical (unpaired) electrons. The molecule has 1 unspecified atom stereocenters. The van der Waals surface area contributed by atoms with E-state index in [9.17, 15) is 0 Å². The summed E-state index contributed by atoms with van der Waals surface area (Å²) in [5.41, 5.74) is 3.30.